The molecule has 1 spiro atoms. The monoisotopic (exact) mass is 276 g/mol. The first kappa shape index (κ1) is 13.7. The summed E-state index contributed by atoms with van der Waals surface area (Å²) in [7, 11) is 1.66. The average Bonchev–Trinajstić information content (AvgIpc) is 2.47. The van der Waals surface area contributed by atoms with Gasteiger partial charge in [-0.3, -0.25) is 0 Å². The predicted octanol–water partition coefficient (Wildman–Crippen LogP) is 3.85. The maximum Gasteiger partial charge on any atom is 0.129 e. The van der Waals surface area contributed by atoms with E-state index in [-0.39, 0.29) is 5.60 Å². The van der Waals surface area contributed by atoms with Gasteiger partial charge in [0.1, 0.15) is 17.1 Å². The van der Waals surface area contributed by atoms with Gasteiger partial charge in [-0.25, -0.2) is 0 Å². The van der Waals surface area contributed by atoms with Gasteiger partial charge in [0, 0.05) is 18.1 Å². The average molecular weight is 276 g/mol. The van der Waals surface area contributed by atoms with Crippen molar-refractivity contribution in [3.05, 3.63) is 23.8 Å². The number of hydrogen-bond donors (Lipinski definition) is 1. The molecule has 1 aromatic rings. The Bertz CT molecular complexity index is 475. The Morgan fingerprint density at radius 1 is 1.35 bits per heavy atom. The molecule has 1 fully saturated rings. The Balaban J connectivity index is 1.84. The molecule has 20 heavy (non-hydrogen) atoms. The van der Waals surface area contributed by atoms with Crippen LogP contribution in [0.1, 0.15) is 57.1 Å². The van der Waals surface area contributed by atoms with Crippen LogP contribution in [0.3, 0.4) is 0 Å². The van der Waals surface area contributed by atoms with Crippen LogP contribution in [0.25, 0.3) is 0 Å². The van der Waals surface area contributed by atoms with Gasteiger partial charge in [-0.2, -0.15) is 0 Å². The van der Waals surface area contributed by atoms with Crippen LogP contribution in [-0.4, -0.2) is 17.8 Å². The third-order valence-electron chi connectivity index (χ3n) is 5.07. The summed E-state index contributed by atoms with van der Waals surface area (Å²) in [5.41, 5.74) is 0.735. The normalized spacial score (nSPS) is 32.5. The Morgan fingerprint density at radius 2 is 2.10 bits per heavy atom. The zero-order valence-electron chi connectivity index (χ0n) is 12.4. The Labute approximate surface area is 120 Å². The highest BCUT2D eigenvalue weighted by molar-refractivity contribution is 5.44. The highest BCUT2D eigenvalue weighted by Gasteiger charge is 2.42. The largest absolute Gasteiger partial charge is 0.497 e. The molecule has 1 atom stereocenters. The van der Waals surface area contributed by atoms with Crippen molar-refractivity contribution >= 4 is 0 Å². The summed E-state index contributed by atoms with van der Waals surface area (Å²) in [4.78, 5) is 0. The molecule has 3 heteroatoms. The molecule has 1 aromatic carbocycles. The van der Waals surface area contributed by atoms with E-state index in [1.54, 1.807) is 7.11 Å². The maximum absolute atomic E-state index is 10.4. The second-order valence-corrected chi connectivity index (χ2v) is 6.26. The second-order valence-electron chi connectivity index (χ2n) is 6.26. The number of hydrogen-bond acceptors (Lipinski definition) is 3. The molecule has 0 saturated heterocycles. The number of ether oxygens (including phenoxy) is 2. The van der Waals surface area contributed by atoms with Crippen molar-refractivity contribution in [2.75, 3.05) is 7.11 Å². The summed E-state index contributed by atoms with van der Waals surface area (Å²) >= 11 is 0. The first-order chi connectivity index (χ1) is 9.65. The van der Waals surface area contributed by atoms with Crippen LogP contribution < -0.4 is 9.47 Å². The van der Waals surface area contributed by atoms with Crippen LogP contribution in [0.4, 0.5) is 0 Å². The Kier molecular flexibility index (Phi) is 3.63. The molecule has 1 unspecified atom stereocenters. The van der Waals surface area contributed by atoms with Crippen molar-refractivity contribution < 1.29 is 14.6 Å². The third-order valence-corrected chi connectivity index (χ3v) is 5.07. The van der Waals surface area contributed by atoms with E-state index < -0.39 is 6.10 Å². The summed E-state index contributed by atoms with van der Waals surface area (Å²) in [5.74, 6) is 2.42. The minimum atomic E-state index is -0.414. The van der Waals surface area contributed by atoms with Gasteiger partial charge in [0.2, 0.25) is 0 Å². The van der Waals surface area contributed by atoms with Crippen LogP contribution in [0, 0.1) is 5.92 Å². The summed E-state index contributed by atoms with van der Waals surface area (Å²) < 4.78 is 11.6. The molecule has 0 aromatic heterocycles. The molecule has 2 aliphatic rings. The molecule has 3 rings (SSSR count). The van der Waals surface area contributed by atoms with E-state index in [1.165, 1.54) is 19.3 Å². The fraction of sp³-hybridized carbons (Fsp3) is 0.647. The number of aliphatic hydroxyl groups is 1. The van der Waals surface area contributed by atoms with Crippen LogP contribution in [0.2, 0.25) is 0 Å². The lowest BCUT2D eigenvalue weighted by Gasteiger charge is -2.45. The van der Waals surface area contributed by atoms with E-state index in [0.29, 0.717) is 0 Å². The molecular formula is C17H24O3. The topological polar surface area (TPSA) is 38.7 Å². The van der Waals surface area contributed by atoms with Crippen molar-refractivity contribution in [2.24, 2.45) is 5.92 Å². The van der Waals surface area contributed by atoms with E-state index >= 15 is 0 Å². The van der Waals surface area contributed by atoms with E-state index in [1.807, 2.05) is 18.2 Å². The van der Waals surface area contributed by atoms with Gasteiger partial charge in [-0.15, -0.1) is 0 Å². The minimum Gasteiger partial charge on any atom is -0.497 e. The minimum absolute atomic E-state index is 0.162. The number of methoxy groups -OCH3 is 1. The molecule has 1 heterocycles. The van der Waals surface area contributed by atoms with Gasteiger partial charge in [0.25, 0.3) is 0 Å². The highest BCUT2D eigenvalue weighted by atomic mass is 16.5. The molecule has 1 aliphatic carbocycles. The van der Waals surface area contributed by atoms with Gasteiger partial charge in [0.15, 0.2) is 0 Å². The maximum atomic E-state index is 10.4. The van der Waals surface area contributed by atoms with Crippen LogP contribution in [0.5, 0.6) is 11.5 Å². The smallest absolute Gasteiger partial charge is 0.129 e. The number of rotatable bonds is 2. The van der Waals surface area contributed by atoms with Crippen molar-refractivity contribution in [3.8, 4) is 11.5 Å². The third kappa shape index (κ3) is 2.39. The fourth-order valence-corrected chi connectivity index (χ4v) is 3.66. The van der Waals surface area contributed by atoms with E-state index in [4.69, 9.17) is 9.47 Å². The van der Waals surface area contributed by atoms with Crippen molar-refractivity contribution in [1.29, 1.82) is 0 Å². The van der Waals surface area contributed by atoms with E-state index in [9.17, 15) is 5.11 Å². The molecule has 1 saturated carbocycles. The summed E-state index contributed by atoms with van der Waals surface area (Å²) in [6.45, 7) is 2.26. The van der Waals surface area contributed by atoms with Crippen LogP contribution >= 0.6 is 0 Å². The lowest BCUT2D eigenvalue weighted by molar-refractivity contribution is -0.0471. The van der Waals surface area contributed by atoms with Gasteiger partial charge in [-0.1, -0.05) is 13.3 Å². The Morgan fingerprint density at radius 3 is 2.75 bits per heavy atom. The fourth-order valence-electron chi connectivity index (χ4n) is 3.66. The molecular weight excluding hydrogens is 252 g/mol. The number of fused-ring (bicyclic) bond motifs is 1. The summed E-state index contributed by atoms with van der Waals surface area (Å²) in [6.07, 6.45) is 6.10. The van der Waals surface area contributed by atoms with Gasteiger partial charge >= 0.3 is 0 Å². The molecule has 0 amide bonds. The number of aliphatic hydroxyl groups excluding tert-OH is 1. The molecule has 0 radical (unpaired) electrons. The van der Waals surface area contributed by atoms with Crippen molar-refractivity contribution in [3.63, 3.8) is 0 Å². The first-order valence-corrected chi connectivity index (χ1v) is 7.71. The van der Waals surface area contributed by atoms with Gasteiger partial charge in [0.05, 0.1) is 13.2 Å². The van der Waals surface area contributed by atoms with Gasteiger partial charge in [-0.05, 0) is 43.7 Å². The predicted molar refractivity (Wildman–Crippen MR) is 78.2 cm³/mol. The van der Waals surface area contributed by atoms with E-state index in [0.717, 1.165) is 42.2 Å². The number of benzene rings is 1. The second kappa shape index (κ2) is 5.28. The lowest BCUT2D eigenvalue weighted by Crippen LogP contribution is -2.44. The first-order valence-electron chi connectivity index (χ1n) is 7.71. The van der Waals surface area contributed by atoms with Crippen molar-refractivity contribution in [1.82, 2.24) is 0 Å². The van der Waals surface area contributed by atoms with Gasteiger partial charge < -0.3 is 14.6 Å². The zero-order valence-corrected chi connectivity index (χ0v) is 12.4. The van der Waals surface area contributed by atoms with Crippen LogP contribution in [-0.2, 0) is 0 Å². The molecule has 3 nitrogen and oxygen atoms in total. The van der Waals surface area contributed by atoms with Crippen molar-refractivity contribution in [2.45, 2.75) is 57.2 Å². The standard InChI is InChI=1S/C17H24O3/c1-3-12-6-8-17(9-7-12)11-15(18)14-5-4-13(19-2)10-16(14)20-17/h4-5,10,12,15,18H,3,6-9,11H2,1-2H3. The van der Waals surface area contributed by atoms with E-state index in [2.05, 4.69) is 6.92 Å². The molecule has 110 valence electrons. The Hall–Kier alpha value is -1.22. The highest BCUT2D eigenvalue weighted by Crippen LogP contribution is 2.48. The summed E-state index contributed by atoms with van der Waals surface area (Å²) in [5, 5.41) is 10.4. The van der Waals surface area contributed by atoms with Crippen LogP contribution in [0.15, 0.2) is 18.2 Å². The SMILES string of the molecule is CCC1CCC2(CC1)CC(O)c1ccc(OC)cc1O2. The summed E-state index contributed by atoms with van der Waals surface area (Å²) in [6, 6.07) is 5.71. The lowest BCUT2D eigenvalue weighted by atomic mass is 9.73. The zero-order chi connectivity index (χ0) is 14.2. The quantitative estimate of drug-likeness (QED) is 0.891. The molecule has 0 bridgehead atoms. The molecule has 1 aliphatic heterocycles. The molecule has 1 N–H and O–H groups in total.